The van der Waals surface area contributed by atoms with Gasteiger partial charge < -0.3 is 10.3 Å². The Morgan fingerprint density at radius 3 is 2.89 bits per heavy atom. The van der Waals surface area contributed by atoms with E-state index < -0.39 is 0 Å². The van der Waals surface area contributed by atoms with E-state index in [1.807, 2.05) is 13.0 Å². The van der Waals surface area contributed by atoms with Crippen molar-refractivity contribution in [2.24, 2.45) is 0 Å². The third kappa shape index (κ3) is 2.00. The molecule has 0 amide bonds. The fraction of sp³-hybridized carbons (Fsp3) is 0.267. The second-order valence-corrected chi connectivity index (χ2v) is 5.87. The first-order valence-electron chi connectivity index (χ1n) is 6.30. The Kier molecular flexibility index (Phi) is 2.97. The summed E-state index contributed by atoms with van der Waals surface area (Å²) < 4.78 is 2.28. The van der Waals surface area contributed by atoms with Crippen LogP contribution in [0.1, 0.15) is 22.6 Å². The number of hydrogen-bond donors (Lipinski definition) is 1. The molecule has 0 radical (unpaired) electrons. The molecule has 1 heterocycles. The van der Waals surface area contributed by atoms with Gasteiger partial charge in [0.25, 0.3) is 5.56 Å². The van der Waals surface area contributed by atoms with Crippen LogP contribution in [0.2, 0.25) is 0 Å². The molecule has 3 nitrogen and oxygen atoms in total. The molecule has 2 N–H and O–H groups in total. The number of fused-ring (bicyclic) bond motifs is 1. The monoisotopic (exact) mass is 318 g/mol. The molecule has 4 heteroatoms. The fourth-order valence-electron chi connectivity index (χ4n) is 2.64. The van der Waals surface area contributed by atoms with Crippen LogP contribution >= 0.6 is 15.9 Å². The van der Waals surface area contributed by atoms with Crippen LogP contribution in [0.25, 0.3) is 0 Å². The molecule has 0 saturated heterocycles. The number of hydrogen-bond acceptors (Lipinski definition) is 2. The number of nitrogens with zero attached hydrogens (tertiary/aromatic N) is 1. The van der Waals surface area contributed by atoms with Gasteiger partial charge in [0.2, 0.25) is 0 Å². The lowest BCUT2D eigenvalue weighted by Crippen LogP contribution is -2.29. The number of halogens is 1. The van der Waals surface area contributed by atoms with E-state index in [9.17, 15) is 4.79 Å². The van der Waals surface area contributed by atoms with E-state index in [-0.39, 0.29) is 5.56 Å². The van der Waals surface area contributed by atoms with Crippen molar-refractivity contribution in [3.63, 3.8) is 0 Å². The number of aromatic nitrogens is 1. The Bertz CT molecular complexity index is 706. The van der Waals surface area contributed by atoms with Crippen molar-refractivity contribution in [1.29, 1.82) is 0 Å². The summed E-state index contributed by atoms with van der Waals surface area (Å²) in [5.74, 6) is 0.419. The third-order valence-corrected chi connectivity index (χ3v) is 4.82. The topological polar surface area (TPSA) is 48.0 Å². The van der Waals surface area contributed by atoms with Gasteiger partial charge in [0.15, 0.2) is 0 Å². The highest BCUT2D eigenvalue weighted by Crippen LogP contribution is 2.35. The normalized spacial score (nSPS) is 16.8. The Morgan fingerprint density at radius 1 is 1.42 bits per heavy atom. The summed E-state index contributed by atoms with van der Waals surface area (Å²) in [6.45, 7) is 2.54. The van der Waals surface area contributed by atoms with Gasteiger partial charge >= 0.3 is 0 Å². The number of pyridine rings is 1. The maximum atomic E-state index is 12.2. The molecule has 98 valence electrons. The van der Waals surface area contributed by atoms with Gasteiger partial charge in [-0.05, 0) is 46.0 Å². The van der Waals surface area contributed by atoms with E-state index in [4.69, 9.17) is 5.73 Å². The van der Waals surface area contributed by atoms with Crippen molar-refractivity contribution in [3.8, 4) is 0 Å². The molecular formula is C15H15BrN2O. The molecule has 1 aliphatic carbocycles. The molecule has 0 fully saturated rings. The molecule has 1 aromatic carbocycles. The van der Waals surface area contributed by atoms with E-state index in [1.54, 1.807) is 10.8 Å². The zero-order chi connectivity index (χ0) is 13.6. The van der Waals surface area contributed by atoms with Gasteiger partial charge in [-0.2, -0.15) is 0 Å². The second-order valence-electron chi connectivity index (χ2n) is 5.08. The van der Waals surface area contributed by atoms with Crippen LogP contribution in [0.4, 0.5) is 5.69 Å². The van der Waals surface area contributed by atoms with Gasteiger partial charge in [-0.15, -0.1) is 0 Å². The highest BCUT2D eigenvalue weighted by Gasteiger charge is 2.26. The summed E-state index contributed by atoms with van der Waals surface area (Å²) >= 11 is 3.33. The molecule has 1 aliphatic rings. The lowest BCUT2D eigenvalue weighted by molar-refractivity contribution is 0.498. The number of nitrogen functional groups attached to an aromatic ring is 1. The predicted molar refractivity (Wildman–Crippen MR) is 80.4 cm³/mol. The molecule has 19 heavy (non-hydrogen) atoms. The van der Waals surface area contributed by atoms with Gasteiger partial charge in [0.1, 0.15) is 0 Å². The first-order valence-corrected chi connectivity index (χ1v) is 7.10. The number of anilines is 1. The predicted octanol–water partition coefficient (Wildman–Crippen LogP) is 2.84. The standard InChI is InChI=1S/C15H15BrN2O/c1-9-13(17)8-18(15(19)14(9)16)7-11-6-10-4-2-3-5-12(10)11/h2-5,8,11H,6-7,17H2,1H3. The Morgan fingerprint density at radius 2 is 2.16 bits per heavy atom. The van der Waals surface area contributed by atoms with Crippen molar-refractivity contribution >= 4 is 21.6 Å². The van der Waals surface area contributed by atoms with Crippen molar-refractivity contribution < 1.29 is 0 Å². The van der Waals surface area contributed by atoms with Crippen LogP contribution in [0.5, 0.6) is 0 Å². The zero-order valence-corrected chi connectivity index (χ0v) is 12.3. The minimum Gasteiger partial charge on any atom is -0.397 e. The highest BCUT2D eigenvalue weighted by molar-refractivity contribution is 9.10. The summed E-state index contributed by atoms with van der Waals surface area (Å²) in [7, 11) is 0. The average molecular weight is 319 g/mol. The number of rotatable bonds is 2. The van der Waals surface area contributed by atoms with E-state index in [1.165, 1.54) is 11.1 Å². The molecule has 0 spiro atoms. The maximum absolute atomic E-state index is 12.2. The molecule has 3 rings (SSSR count). The van der Waals surface area contributed by atoms with E-state index in [0.717, 1.165) is 12.0 Å². The molecule has 0 aliphatic heterocycles. The summed E-state index contributed by atoms with van der Waals surface area (Å²) in [5.41, 5.74) is 10.1. The van der Waals surface area contributed by atoms with E-state index in [0.29, 0.717) is 22.6 Å². The van der Waals surface area contributed by atoms with Gasteiger partial charge in [-0.25, -0.2) is 0 Å². The number of nitrogens with two attached hydrogens (primary N) is 1. The summed E-state index contributed by atoms with van der Waals surface area (Å²) in [6.07, 6.45) is 2.79. The summed E-state index contributed by atoms with van der Waals surface area (Å²) in [5, 5.41) is 0. The molecule has 1 atom stereocenters. The zero-order valence-electron chi connectivity index (χ0n) is 10.7. The number of benzene rings is 1. The average Bonchev–Trinajstić information content (AvgIpc) is 2.39. The third-order valence-electron chi connectivity index (χ3n) is 3.88. The van der Waals surface area contributed by atoms with Gasteiger partial charge in [-0.1, -0.05) is 24.3 Å². The SMILES string of the molecule is Cc1c(N)cn(CC2Cc3ccccc32)c(=O)c1Br. The first-order chi connectivity index (χ1) is 9.08. The van der Waals surface area contributed by atoms with Crippen LogP contribution < -0.4 is 11.3 Å². The van der Waals surface area contributed by atoms with Crippen LogP contribution in [0.3, 0.4) is 0 Å². The minimum atomic E-state index is -0.00363. The molecule has 0 bridgehead atoms. The van der Waals surface area contributed by atoms with E-state index in [2.05, 4.69) is 34.1 Å². The van der Waals surface area contributed by atoms with Gasteiger partial charge in [0, 0.05) is 18.7 Å². The maximum Gasteiger partial charge on any atom is 0.265 e. The van der Waals surface area contributed by atoms with Crippen LogP contribution in [-0.4, -0.2) is 4.57 Å². The lowest BCUT2D eigenvalue weighted by Gasteiger charge is -2.30. The highest BCUT2D eigenvalue weighted by atomic mass is 79.9. The second kappa shape index (κ2) is 4.53. The molecule has 1 unspecified atom stereocenters. The fourth-order valence-corrected chi connectivity index (χ4v) is 3.09. The Balaban J connectivity index is 1.93. The van der Waals surface area contributed by atoms with E-state index >= 15 is 0 Å². The van der Waals surface area contributed by atoms with Crippen molar-refractivity contribution in [2.45, 2.75) is 25.8 Å². The quantitative estimate of drug-likeness (QED) is 0.925. The summed E-state index contributed by atoms with van der Waals surface area (Å²) in [4.78, 5) is 12.2. The van der Waals surface area contributed by atoms with Gasteiger partial charge in [0.05, 0.1) is 10.2 Å². The van der Waals surface area contributed by atoms with Crippen molar-refractivity contribution in [1.82, 2.24) is 4.57 Å². The Labute approximate surface area is 120 Å². The first kappa shape index (κ1) is 12.5. The Hall–Kier alpha value is -1.55. The molecule has 2 aromatic rings. The largest absolute Gasteiger partial charge is 0.397 e. The lowest BCUT2D eigenvalue weighted by atomic mass is 9.77. The van der Waals surface area contributed by atoms with Crippen LogP contribution in [0.15, 0.2) is 39.7 Å². The van der Waals surface area contributed by atoms with Crippen LogP contribution in [0, 0.1) is 6.92 Å². The smallest absolute Gasteiger partial charge is 0.265 e. The van der Waals surface area contributed by atoms with Crippen molar-refractivity contribution in [3.05, 3.63) is 62.0 Å². The van der Waals surface area contributed by atoms with Gasteiger partial charge in [-0.3, -0.25) is 4.79 Å². The summed E-state index contributed by atoms with van der Waals surface area (Å²) in [6, 6.07) is 8.39. The molecular weight excluding hydrogens is 304 g/mol. The molecule has 0 saturated carbocycles. The molecule has 1 aromatic heterocycles. The van der Waals surface area contributed by atoms with Crippen molar-refractivity contribution in [2.75, 3.05) is 5.73 Å². The minimum absolute atomic E-state index is 0.00363. The van der Waals surface area contributed by atoms with Crippen LogP contribution in [-0.2, 0) is 13.0 Å².